The van der Waals surface area contributed by atoms with Crippen LogP contribution < -0.4 is 9.62 Å². The summed E-state index contributed by atoms with van der Waals surface area (Å²) in [5, 5.41) is 3.81. The predicted octanol–water partition coefficient (Wildman–Crippen LogP) is 6.09. The highest BCUT2D eigenvalue weighted by atomic mass is 35.5. The summed E-state index contributed by atoms with van der Waals surface area (Å²) in [6.07, 6.45) is 0.313. The van der Waals surface area contributed by atoms with Gasteiger partial charge in [0.2, 0.25) is 11.8 Å². The number of rotatable bonds is 11. The number of aryl methyl sites for hydroxylation is 1. The van der Waals surface area contributed by atoms with Crippen LogP contribution in [0.25, 0.3) is 0 Å². The van der Waals surface area contributed by atoms with Gasteiger partial charge >= 0.3 is 0 Å². The minimum absolute atomic E-state index is 0.0212. The highest BCUT2D eigenvalue weighted by molar-refractivity contribution is 7.92. The van der Waals surface area contributed by atoms with E-state index in [4.69, 9.17) is 34.8 Å². The molecule has 1 atom stereocenters. The molecular formula is C28H30Cl3N3O4S. The lowest BCUT2D eigenvalue weighted by molar-refractivity contribution is -0.140. The van der Waals surface area contributed by atoms with E-state index in [-0.39, 0.29) is 17.3 Å². The fourth-order valence-electron chi connectivity index (χ4n) is 4.02. The molecule has 3 aromatic carbocycles. The Morgan fingerprint density at radius 2 is 1.54 bits per heavy atom. The molecular weight excluding hydrogens is 581 g/mol. The van der Waals surface area contributed by atoms with Gasteiger partial charge in [0.15, 0.2) is 0 Å². The van der Waals surface area contributed by atoms with Crippen molar-refractivity contribution in [2.24, 2.45) is 0 Å². The number of nitrogens with one attached hydrogen (secondary N) is 1. The summed E-state index contributed by atoms with van der Waals surface area (Å²) in [6.45, 7) is 5.32. The van der Waals surface area contributed by atoms with Crippen molar-refractivity contribution in [1.82, 2.24) is 10.2 Å². The third-order valence-electron chi connectivity index (χ3n) is 6.08. The van der Waals surface area contributed by atoms with Gasteiger partial charge in [0.25, 0.3) is 10.0 Å². The topological polar surface area (TPSA) is 86.8 Å². The van der Waals surface area contributed by atoms with E-state index in [2.05, 4.69) is 5.32 Å². The molecule has 3 rings (SSSR count). The highest BCUT2D eigenvalue weighted by Gasteiger charge is 2.33. The smallest absolute Gasteiger partial charge is 0.264 e. The maximum atomic E-state index is 14.0. The fraction of sp³-hybridized carbons (Fsp3) is 0.286. The molecule has 39 heavy (non-hydrogen) atoms. The number of hydrogen-bond acceptors (Lipinski definition) is 4. The van der Waals surface area contributed by atoms with E-state index in [1.54, 1.807) is 56.3 Å². The molecule has 0 heterocycles. The van der Waals surface area contributed by atoms with E-state index in [1.807, 2.05) is 6.92 Å². The summed E-state index contributed by atoms with van der Waals surface area (Å²) in [5.74, 6) is -0.895. The van der Waals surface area contributed by atoms with Gasteiger partial charge in [0, 0.05) is 18.1 Å². The summed E-state index contributed by atoms with van der Waals surface area (Å²) < 4.78 is 28.7. The number of likely N-dealkylation sites (N-methyl/N-ethyl adjacent to an activating group) is 1. The van der Waals surface area contributed by atoms with Crippen LogP contribution in [-0.2, 0) is 26.2 Å². The number of nitrogens with zero attached hydrogens (tertiary/aromatic N) is 2. The van der Waals surface area contributed by atoms with Crippen LogP contribution in [0.2, 0.25) is 15.1 Å². The molecule has 3 aromatic rings. The Hall–Kier alpha value is -2.78. The zero-order valence-electron chi connectivity index (χ0n) is 21.8. The van der Waals surface area contributed by atoms with Crippen LogP contribution in [0, 0.1) is 6.92 Å². The molecule has 208 valence electrons. The third kappa shape index (κ3) is 7.66. The van der Waals surface area contributed by atoms with Crippen LogP contribution >= 0.6 is 34.8 Å². The molecule has 11 heteroatoms. The van der Waals surface area contributed by atoms with Crippen molar-refractivity contribution < 1.29 is 18.0 Å². The van der Waals surface area contributed by atoms with E-state index >= 15 is 0 Å². The van der Waals surface area contributed by atoms with Crippen molar-refractivity contribution in [1.29, 1.82) is 0 Å². The SMILES string of the molecule is CCNC(=O)C(CC)N(Cc1ccc(Cl)c(Cl)c1)C(=O)CN(c1ccc(C)cc1)S(=O)(=O)c1ccc(Cl)cc1. The quantitative estimate of drug-likeness (QED) is 0.285. The lowest BCUT2D eigenvalue weighted by Gasteiger charge is -2.33. The van der Waals surface area contributed by atoms with E-state index in [1.165, 1.54) is 29.2 Å². The fourth-order valence-corrected chi connectivity index (χ4v) is 5.88. The van der Waals surface area contributed by atoms with Gasteiger partial charge in [-0.05, 0) is 74.4 Å². The van der Waals surface area contributed by atoms with Gasteiger partial charge in [-0.25, -0.2) is 8.42 Å². The number of hydrogen-bond donors (Lipinski definition) is 1. The molecule has 0 saturated heterocycles. The molecule has 0 fully saturated rings. The van der Waals surface area contributed by atoms with Crippen LogP contribution in [0.4, 0.5) is 5.69 Å². The van der Waals surface area contributed by atoms with Crippen molar-refractivity contribution in [2.45, 2.75) is 44.7 Å². The van der Waals surface area contributed by atoms with Gasteiger partial charge < -0.3 is 10.2 Å². The Labute approximate surface area is 244 Å². The Morgan fingerprint density at radius 1 is 0.897 bits per heavy atom. The monoisotopic (exact) mass is 609 g/mol. The maximum Gasteiger partial charge on any atom is 0.264 e. The predicted molar refractivity (Wildman–Crippen MR) is 157 cm³/mol. The Kier molecular flexibility index (Phi) is 10.7. The lowest BCUT2D eigenvalue weighted by Crippen LogP contribution is -2.52. The second kappa shape index (κ2) is 13.5. The average Bonchev–Trinajstić information content (AvgIpc) is 2.90. The minimum Gasteiger partial charge on any atom is -0.355 e. The summed E-state index contributed by atoms with van der Waals surface area (Å²) in [6, 6.07) is 16.6. The molecule has 7 nitrogen and oxygen atoms in total. The van der Waals surface area contributed by atoms with Gasteiger partial charge in [0.05, 0.1) is 20.6 Å². The van der Waals surface area contributed by atoms with Gasteiger partial charge in [-0.3, -0.25) is 13.9 Å². The Bertz CT molecular complexity index is 1410. The van der Waals surface area contributed by atoms with Gasteiger partial charge in [0.1, 0.15) is 12.6 Å². The zero-order valence-corrected chi connectivity index (χ0v) is 24.9. The van der Waals surface area contributed by atoms with E-state index in [0.29, 0.717) is 39.3 Å². The number of halogens is 3. The second-order valence-electron chi connectivity index (χ2n) is 8.89. The van der Waals surface area contributed by atoms with E-state index in [0.717, 1.165) is 9.87 Å². The molecule has 0 aromatic heterocycles. The van der Waals surface area contributed by atoms with Crippen LogP contribution in [0.3, 0.4) is 0 Å². The number of carbonyl (C=O) groups excluding carboxylic acids is 2. The van der Waals surface area contributed by atoms with Crippen LogP contribution in [0.1, 0.15) is 31.4 Å². The molecule has 0 aliphatic carbocycles. The summed E-state index contributed by atoms with van der Waals surface area (Å²) in [4.78, 5) is 28.3. The molecule has 0 bridgehead atoms. The standard InChI is InChI=1S/C28H30Cl3N3O4S/c1-4-26(28(36)32-5-2)33(17-20-8-15-24(30)25(31)16-20)27(35)18-34(22-11-6-19(3)7-12-22)39(37,38)23-13-9-21(29)10-14-23/h6-16,26H,4-5,17-18H2,1-3H3,(H,32,36). The van der Waals surface area contributed by atoms with Gasteiger partial charge in [-0.2, -0.15) is 0 Å². The first kappa shape index (κ1) is 30.8. The number of sulfonamides is 1. The summed E-state index contributed by atoms with van der Waals surface area (Å²) in [7, 11) is -4.17. The highest BCUT2D eigenvalue weighted by Crippen LogP contribution is 2.27. The molecule has 1 unspecified atom stereocenters. The zero-order chi connectivity index (χ0) is 28.7. The van der Waals surface area contributed by atoms with Crippen molar-refractivity contribution in [3.63, 3.8) is 0 Å². The van der Waals surface area contributed by atoms with Gasteiger partial charge in [-0.15, -0.1) is 0 Å². The van der Waals surface area contributed by atoms with Crippen molar-refractivity contribution in [3.8, 4) is 0 Å². The van der Waals surface area contributed by atoms with Crippen molar-refractivity contribution in [2.75, 3.05) is 17.4 Å². The van der Waals surface area contributed by atoms with Crippen molar-refractivity contribution in [3.05, 3.63) is 92.9 Å². The molecule has 0 spiro atoms. The molecule has 1 N–H and O–H groups in total. The van der Waals surface area contributed by atoms with Gasteiger partial charge in [-0.1, -0.05) is 65.5 Å². The maximum absolute atomic E-state index is 14.0. The first-order valence-corrected chi connectivity index (χ1v) is 14.9. The molecule has 0 saturated carbocycles. The van der Waals surface area contributed by atoms with Crippen molar-refractivity contribution >= 4 is 62.3 Å². The number of anilines is 1. The molecule has 2 amide bonds. The Morgan fingerprint density at radius 3 is 2.10 bits per heavy atom. The second-order valence-corrected chi connectivity index (χ2v) is 12.0. The van der Waals surface area contributed by atoms with Crippen LogP contribution in [0.15, 0.2) is 71.6 Å². The summed E-state index contributed by atoms with van der Waals surface area (Å²) in [5.41, 5.74) is 1.88. The summed E-state index contributed by atoms with van der Waals surface area (Å²) >= 11 is 18.3. The first-order valence-electron chi connectivity index (χ1n) is 12.3. The number of amides is 2. The largest absolute Gasteiger partial charge is 0.355 e. The number of benzene rings is 3. The average molecular weight is 611 g/mol. The first-order chi connectivity index (χ1) is 18.5. The normalized spacial score (nSPS) is 12.1. The molecule has 0 aliphatic heterocycles. The van der Waals surface area contributed by atoms with Crippen LogP contribution in [-0.4, -0.2) is 44.3 Å². The molecule has 0 aliphatic rings. The lowest BCUT2D eigenvalue weighted by atomic mass is 10.1. The van der Waals surface area contributed by atoms with E-state index < -0.39 is 28.5 Å². The molecule has 0 radical (unpaired) electrons. The Balaban J connectivity index is 2.06. The van der Waals surface area contributed by atoms with Crippen LogP contribution in [0.5, 0.6) is 0 Å². The minimum atomic E-state index is -4.17. The number of carbonyl (C=O) groups is 2. The third-order valence-corrected chi connectivity index (χ3v) is 8.86. The van der Waals surface area contributed by atoms with E-state index in [9.17, 15) is 18.0 Å².